The number of methoxy groups -OCH3 is 1. The molecule has 0 saturated carbocycles. The van der Waals surface area contributed by atoms with E-state index >= 15 is 0 Å². The number of nitrogens with one attached hydrogen (secondary N) is 1. The molecule has 1 N–H and O–H groups in total. The monoisotopic (exact) mass is 560 g/mol. The van der Waals surface area contributed by atoms with Crippen molar-refractivity contribution in [3.05, 3.63) is 76.8 Å². The van der Waals surface area contributed by atoms with Gasteiger partial charge < -0.3 is 14.8 Å². The van der Waals surface area contributed by atoms with Crippen LogP contribution in [0.4, 0.5) is 11.4 Å². The molecule has 1 amide bonds. The van der Waals surface area contributed by atoms with E-state index in [1.807, 2.05) is 0 Å². The van der Waals surface area contributed by atoms with Gasteiger partial charge in [0, 0.05) is 33.5 Å². The number of fused-ring (bicyclic) bond motifs is 1. The van der Waals surface area contributed by atoms with E-state index < -0.39 is 15.9 Å². The van der Waals surface area contributed by atoms with E-state index in [0.29, 0.717) is 29.3 Å². The highest BCUT2D eigenvalue weighted by Gasteiger charge is 2.32. The normalized spacial score (nSPS) is 13.0. The lowest BCUT2D eigenvalue weighted by Crippen LogP contribution is -2.36. The first kappa shape index (κ1) is 26.8. The third kappa shape index (κ3) is 6.03. The van der Waals surface area contributed by atoms with Crippen molar-refractivity contribution in [3.63, 3.8) is 0 Å². The molecule has 3 aromatic rings. The van der Waals surface area contributed by atoms with Gasteiger partial charge in [0.1, 0.15) is 10.6 Å². The van der Waals surface area contributed by atoms with Crippen molar-refractivity contribution in [3.8, 4) is 5.75 Å². The molecule has 0 bridgehead atoms. The second-order valence-electron chi connectivity index (χ2n) is 8.04. The van der Waals surface area contributed by atoms with Crippen LogP contribution in [0.2, 0.25) is 5.02 Å². The molecular formula is C26H25ClN2O6S2. The number of carbonyl (C=O) groups excluding carboxylic acids is 2. The first-order chi connectivity index (χ1) is 17.7. The minimum Gasteiger partial charge on any atom is -0.495 e. The van der Waals surface area contributed by atoms with Crippen molar-refractivity contribution in [2.45, 2.75) is 23.1 Å². The first-order valence-electron chi connectivity index (χ1n) is 11.4. The van der Waals surface area contributed by atoms with Gasteiger partial charge in [0.2, 0.25) is 0 Å². The van der Waals surface area contributed by atoms with Gasteiger partial charge in [0.05, 0.1) is 25.8 Å². The van der Waals surface area contributed by atoms with Crippen molar-refractivity contribution in [1.29, 1.82) is 0 Å². The summed E-state index contributed by atoms with van der Waals surface area (Å²) in [4.78, 5) is 25.4. The molecule has 4 rings (SSSR count). The van der Waals surface area contributed by atoms with Gasteiger partial charge in [-0.05, 0) is 61.0 Å². The molecule has 1 aliphatic heterocycles. The summed E-state index contributed by atoms with van der Waals surface area (Å²) in [5.41, 5.74) is 2.02. The predicted molar refractivity (Wildman–Crippen MR) is 144 cm³/mol. The maximum Gasteiger partial charge on any atom is 0.310 e. The summed E-state index contributed by atoms with van der Waals surface area (Å²) in [6, 6.07) is 16.3. The fraction of sp³-hybridized carbons (Fsp3) is 0.231. The molecule has 194 valence electrons. The number of ether oxygens (including phenoxy) is 2. The summed E-state index contributed by atoms with van der Waals surface area (Å²) in [6.07, 6.45) is 0.145. The lowest BCUT2D eigenvalue weighted by Gasteiger charge is -2.31. The minimum atomic E-state index is -4.02. The third-order valence-corrected chi connectivity index (χ3v) is 8.71. The average molecular weight is 561 g/mol. The van der Waals surface area contributed by atoms with E-state index in [4.69, 9.17) is 21.1 Å². The van der Waals surface area contributed by atoms with Crippen LogP contribution in [0.3, 0.4) is 0 Å². The minimum absolute atomic E-state index is 0.0434. The van der Waals surface area contributed by atoms with E-state index in [2.05, 4.69) is 5.32 Å². The van der Waals surface area contributed by atoms with Crippen LogP contribution in [0.15, 0.2) is 70.5 Å². The Balaban J connectivity index is 1.58. The molecule has 0 radical (unpaired) electrons. The SMILES string of the molecule is CCOC(=O)Cc1ccc(NC(=O)c2ccc3c(c2)N(S(=O)(=O)c2cc(Cl)ccc2OC)CCS3)cc1. The summed E-state index contributed by atoms with van der Waals surface area (Å²) in [6.45, 7) is 2.29. The number of thioether (sulfide) groups is 1. The van der Waals surface area contributed by atoms with Crippen LogP contribution in [-0.2, 0) is 26.0 Å². The van der Waals surface area contributed by atoms with Crippen LogP contribution < -0.4 is 14.4 Å². The molecule has 0 unspecified atom stereocenters. The number of hydrogen-bond acceptors (Lipinski definition) is 7. The predicted octanol–water partition coefficient (Wildman–Crippen LogP) is 5.01. The molecule has 0 fully saturated rings. The van der Waals surface area contributed by atoms with E-state index in [9.17, 15) is 18.0 Å². The van der Waals surface area contributed by atoms with E-state index in [0.717, 1.165) is 10.5 Å². The smallest absolute Gasteiger partial charge is 0.310 e. The van der Waals surface area contributed by atoms with Crippen LogP contribution in [-0.4, -0.2) is 46.3 Å². The molecular weight excluding hydrogens is 536 g/mol. The standard InChI is InChI=1S/C26H25ClN2O6S2/c1-3-35-25(30)14-17-4-8-20(9-5-17)28-26(31)18-6-11-23-21(15-18)29(12-13-36-23)37(32,33)24-16-19(27)7-10-22(24)34-2/h4-11,15-16H,3,12-14H2,1-2H3,(H,28,31). The molecule has 1 aliphatic rings. The molecule has 0 spiro atoms. The maximum atomic E-state index is 13.6. The number of hydrogen-bond donors (Lipinski definition) is 1. The summed E-state index contributed by atoms with van der Waals surface area (Å²) in [5.74, 6) is 0.0264. The fourth-order valence-electron chi connectivity index (χ4n) is 3.84. The van der Waals surface area contributed by atoms with E-state index in [1.54, 1.807) is 55.5 Å². The molecule has 0 aliphatic carbocycles. The summed E-state index contributed by atoms with van der Waals surface area (Å²) in [5, 5.41) is 3.09. The second-order valence-corrected chi connectivity index (χ2v) is 11.4. The summed E-state index contributed by atoms with van der Waals surface area (Å²) >= 11 is 7.61. The van der Waals surface area contributed by atoms with Gasteiger partial charge in [-0.3, -0.25) is 13.9 Å². The Morgan fingerprint density at radius 2 is 1.84 bits per heavy atom. The highest BCUT2D eigenvalue weighted by Crippen LogP contribution is 2.40. The number of esters is 1. The largest absolute Gasteiger partial charge is 0.495 e. The quantitative estimate of drug-likeness (QED) is 0.386. The number of amides is 1. The van der Waals surface area contributed by atoms with Gasteiger partial charge in [-0.15, -0.1) is 11.8 Å². The number of rotatable bonds is 8. The third-order valence-electron chi connectivity index (χ3n) is 5.60. The van der Waals surface area contributed by atoms with Crippen molar-refractivity contribution < 1.29 is 27.5 Å². The van der Waals surface area contributed by atoms with Gasteiger partial charge in [-0.2, -0.15) is 0 Å². The lowest BCUT2D eigenvalue weighted by atomic mass is 10.1. The van der Waals surface area contributed by atoms with Crippen LogP contribution in [0, 0.1) is 0 Å². The highest BCUT2D eigenvalue weighted by atomic mass is 35.5. The van der Waals surface area contributed by atoms with Gasteiger partial charge in [0.25, 0.3) is 15.9 Å². The Hall–Kier alpha value is -3.21. The van der Waals surface area contributed by atoms with Gasteiger partial charge >= 0.3 is 5.97 Å². The van der Waals surface area contributed by atoms with Crippen molar-refractivity contribution >= 4 is 56.6 Å². The Bertz CT molecular complexity index is 1430. The Morgan fingerprint density at radius 3 is 2.54 bits per heavy atom. The number of carbonyl (C=O) groups is 2. The number of halogens is 1. The number of sulfonamides is 1. The fourth-order valence-corrected chi connectivity index (χ4v) is 6.89. The van der Waals surface area contributed by atoms with Gasteiger partial charge in [-0.1, -0.05) is 23.7 Å². The van der Waals surface area contributed by atoms with E-state index in [-0.39, 0.29) is 34.6 Å². The molecule has 8 nitrogen and oxygen atoms in total. The molecule has 0 saturated heterocycles. The highest BCUT2D eigenvalue weighted by molar-refractivity contribution is 8.00. The van der Waals surface area contributed by atoms with E-state index in [1.165, 1.54) is 35.3 Å². The zero-order valence-electron chi connectivity index (χ0n) is 20.2. The Labute approximate surface area is 225 Å². The molecule has 3 aromatic carbocycles. The molecule has 0 aromatic heterocycles. The second kappa shape index (κ2) is 11.5. The topological polar surface area (TPSA) is 102 Å². The van der Waals surface area contributed by atoms with Crippen molar-refractivity contribution in [2.24, 2.45) is 0 Å². The average Bonchev–Trinajstić information content (AvgIpc) is 2.89. The molecule has 37 heavy (non-hydrogen) atoms. The number of benzene rings is 3. The Morgan fingerprint density at radius 1 is 1.08 bits per heavy atom. The summed E-state index contributed by atoms with van der Waals surface area (Å²) in [7, 11) is -2.62. The maximum absolute atomic E-state index is 13.6. The first-order valence-corrected chi connectivity index (χ1v) is 14.2. The van der Waals surface area contributed by atoms with Gasteiger partial charge in [0.15, 0.2) is 0 Å². The number of anilines is 2. The summed E-state index contributed by atoms with van der Waals surface area (Å²) < 4.78 is 38.8. The van der Waals surface area contributed by atoms with Crippen molar-refractivity contribution in [1.82, 2.24) is 0 Å². The van der Waals surface area contributed by atoms with Crippen LogP contribution in [0.1, 0.15) is 22.8 Å². The lowest BCUT2D eigenvalue weighted by molar-refractivity contribution is -0.142. The van der Waals surface area contributed by atoms with Crippen LogP contribution >= 0.6 is 23.4 Å². The molecule has 11 heteroatoms. The van der Waals surface area contributed by atoms with Crippen molar-refractivity contribution in [2.75, 3.05) is 35.6 Å². The zero-order chi connectivity index (χ0) is 26.6. The van der Waals surface area contributed by atoms with Crippen LogP contribution in [0.25, 0.3) is 0 Å². The zero-order valence-corrected chi connectivity index (χ0v) is 22.6. The van der Waals surface area contributed by atoms with Crippen LogP contribution in [0.5, 0.6) is 5.75 Å². The number of nitrogens with zero attached hydrogens (tertiary/aromatic N) is 1. The Kier molecular flexibility index (Phi) is 8.31. The van der Waals surface area contributed by atoms with Gasteiger partial charge in [-0.25, -0.2) is 8.42 Å². The molecule has 0 atom stereocenters. The molecule has 1 heterocycles.